The highest BCUT2D eigenvalue weighted by molar-refractivity contribution is 6.31. The van der Waals surface area contributed by atoms with E-state index in [0.29, 0.717) is 29.9 Å². The van der Waals surface area contributed by atoms with Gasteiger partial charge in [0.05, 0.1) is 6.54 Å². The van der Waals surface area contributed by atoms with Crippen molar-refractivity contribution in [3.8, 4) is 11.5 Å². The Kier molecular flexibility index (Phi) is 4.22. The van der Waals surface area contributed by atoms with Crippen LogP contribution in [0.2, 0.25) is 5.02 Å². The molecule has 22 heavy (non-hydrogen) atoms. The van der Waals surface area contributed by atoms with Gasteiger partial charge in [-0.05, 0) is 32.5 Å². The Balaban J connectivity index is 1.72. The third kappa shape index (κ3) is 3.03. The molecule has 0 fully saturated rings. The average Bonchev–Trinajstić information content (AvgIpc) is 3.07. The van der Waals surface area contributed by atoms with E-state index in [1.165, 1.54) is 0 Å². The van der Waals surface area contributed by atoms with Gasteiger partial charge >= 0.3 is 0 Å². The summed E-state index contributed by atoms with van der Waals surface area (Å²) in [5.41, 5.74) is 1.00. The predicted molar refractivity (Wildman–Crippen MR) is 83.2 cm³/mol. The number of hydrogen-bond donors (Lipinski definition) is 0. The standard InChI is InChI=1S/C15H19ClN4O2/c1-10(2)20-8-17-18-15(20)7-19(3)6-11-4-13-14(5-12(11)16)22-9-21-13/h4-5,8,10H,6-7,9H2,1-3H3. The van der Waals surface area contributed by atoms with Gasteiger partial charge in [0, 0.05) is 23.7 Å². The zero-order valence-electron chi connectivity index (χ0n) is 12.9. The Bertz CT molecular complexity index is 672. The SMILES string of the molecule is CC(C)n1cnnc1CN(C)Cc1cc2c(cc1Cl)OCO2. The molecule has 0 saturated heterocycles. The number of aromatic nitrogens is 3. The molecule has 0 amide bonds. The van der Waals surface area contributed by atoms with Crippen LogP contribution in [0.4, 0.5) is 0 Å². The molecule has 0 spiro atoms. The van der Waals surface area contributed by atoms with E-state index >= 15 is 0 Å². The summed E-state index contributed by atoms with van der Waals surface area (Å²) >= 11 is 6.32. The summed E-state index contributed by atoms with van der Waals surface area (Å²) in [4.78, 5) is 2.15. The first-order valence-corrected chi connectivity index (χ1v) is 7.57. The fourth-order valence-electron chi connectivity index (χ4n) is 2.48. The minimum Gasteiger partial charge on any atom is -0.454 e. The van der Waals surface area contributed by atoms with E-state index in [1.54, 1.807) is 6.33 Å². The summed E-state index contributed by atoms with van der Waals surface area (Å²) in [6.07, 6.45) is 1.77. The lowest BCUT2D eigenvalue weighted by molar-refractivity contribution is 0.174. The van der Waals surface area contributed by atoms with Gasteiger partial charge in [0.2, 0.25) is 6.79 Å². The van der Waals surface area contributed by atoms with Crippen LogP contribution in [0.15, 0.2) is 18.5 Å². The molecule has 0 saturated carbocycles. The zero-order valence-corrected chi connectivity index (χ0v) is 13.7. The van der Waals surface area contributed by atoms with Gasteiger partial charge in [-0.25, -0.2) is 0 Å². The lowest BCUT2D eigenvalue weighted by atomic mass is 10.2. The largest absolute Gasteiger partial charge is 0.454 e. The third-order valence-corrected chi connectivity index (χ3v) is 3.95. The summed E-state index contributed by atoms with van der Waals surface area (Å²) in [6, 6.07) is 4.09. The van der Waals surface area contributed by atoms with Gasteiger partial charge in [-0.2, -0.15) is 0 Å². The first-order chi connectivity index (χ1) is 10.5. The highest BCUT2D eigenvalue weighted by Crippen LogP contribution is 2.37. The maximum absolute atomic E-state index is 6.32. The zero-order chi connectivity index (χ0) is 15.7. The van der Waals surface area contributed by atoms with Gasteiger partial charge in [-0.3, -0.25) is 4.90 Å². The van der Waals surface area contributed by atoms with Crippen molar-refractivity contribution in [1.82, 2.24) is 19.7 Å². The molecule has 6 nitrogen and oxygen atoms in total. The fraction of sp³-hybridized carbons (Fsp3) is 0.467. The second-order valence-electron chi connectivity index (χ2n) is 5.72. The van der Waals surface area contributed by atoms with Crippen molar-refractivity contribution < 1.29 is 9.47 Å². The van der Waals surface area contributed by atoms with Crippen molar-refractivity contribution in [3.63, 3.8) is 0 Å². The molecule has 0 radical (unpaired) electrons. The molecular formula is C15H19ClN4O2. The number of fused-ring (bicyclic) bond motifs is 1. The first kappa shape index (κ1) is 15.1. The molecule has 0 bridgehead atoms. The van der Waals surface area contributed by atoms with Gasteiger partial charge in [0.15, 0.2) is 11.5 Å². The Hall–Kier alpha value is -1.79. The van der Waals surface area contributed by atoms with Crippen LogP contribution in [0.5, 0.6) is 11.5 Å². The lowest BCUT2D eigenvalue weighted by Crippen LogP contribution is -2.20. The van der Waals surface area contributed by atoms with Crippen LogP contribution in [0.3, 0.4) is 0 Å². The number of rotatable bonds is 5. The van der Waals surface area contributed by atoms with Crippen LogP contribution in [-0.4, -0.2) is 33.5 Å². The highest BCUT2D eigenvalue weighted by Gasteiger charge is 2.18. The van der Waals surface area contributed by atoms with Gasteiger partial charge < -0.3 is 14.0 Å². The quantitative estimate of drug-likeness (QED) is 0.847. The summed E-state index contributed by atoms with van der Waals surface area (Å²) < 4.78 is 12.8. The maximum atomic E-state index is 6.32. The van der Waals surface area contributed by atoms with Crippen LogP contribution < -0.4 is 9.47 Å². The monoisotopic (exact) mass is 322 g/mol. The molecule has 7 heteroatoms. The highest BCUT2D eigenvalue weighted by atomic mass is 35.5. The molecule has 2 aromatic rings. The van der Waals surface area contributed by atoms with Crippen molar-refractivity contribution >= 4 is 11.6 Å². The average molecular weight is 323 g/mol. The molecular weight excluding hydrogens is 304 g/mol. The second kappa shape index (κ2) is 6.14. The number of nitrogens with zero attached hydrogens (tertiary/aromatic N) is 4. The molecule has 0 atom stereocenters. The molecule has 0 N–H and O–H groups in total. The summed E-state index contributed by atoms with van der Waals surface area (Å²) in [7, 11) is 2.03. The van der Waals surface area contributed by atoms with Crippen molar-refractivity contribution in [2.75, 3.05) is 13.8 Å². The molecule has 1 aliphatic rings. The van der Waals surface area contributed by atoms with Gasteiger partial charge in [0.25, 0.3) is 0 Å². The van der Waals surface area contributed by atoms with Crippen molar-refractivity contribution in [2.45, 2.75) is 33.0 Å². The number of ether oxygens (including phenoxy) is 2. The van der Waals surface area contributed by atoms with Gasteiger partial charge in [-0.15, -0.1) is 10.2 Å². The number of hydrogen-bond acceptors (Lipinski definition) is 5. The van der Waals surface area contributed by atoms with Crippen LogP contribution in [-0.2, 0) is 13.1 Å². The van der Waals surface area contributed by atoms with E-state index < -0.39 is 0 Å². The second-order valence-corrected chi connectivity index (χ2v) is 6.12. The Labute approximate surface area is 134 Å². The van der Waals surface area contributed by atoms with Crippen molar-refractivity contribution in [2.24, 2.45) is 0 Å². The van der Waals surface area contributed by atoms with Crippen molar-refractivity contribution in [1.29, 1.82) is 0 Å². The lowest BCUT2D eigenvalue weighted by Gasteiger charge is -2.19. The first-order valence-electron chi connectivity index (χ1n) is 7.19. The number of halogens is 1. The summed E-state index contributed by atoms with van der Waals surface area (Å²) in [6.45, 7) is 5.87. The number of benzene rings is 1. The molecule has 1 aromatic carbocycles. The molecule has 1 aromatic heterocycles. The van der Waals surface area contributed by atoms with Crippen molar-refractivity contribution in [3.05, 3.63) is 34.9 Å². The summed E-state index contributed by atoms with van der Waals surface area (Å²) in [5.74, 6) is 2.39. The van der Waals surface area contributed by atoms with Crippen LogP contribution in [0.1, 0.15) is 31.3 Å². The van der Waals surface area contributed by atoms with Crippen LogP contribution in [0.25, 0.3) is 0 Å². The smallest absolute Gasteiger partial charge is 0.231 e. The predicted octanol–water partition coefficient (Wildman–Crippen LogP) is 2.87. The van der Waals surface area contributed by atoms with Crippen LogP contribution >= 0.6 is 11.6 Å². The third-order valence-electron chi connectivity index (χ3n) is 3.60. The summed E-state index contributed by atoms with van der Waals surface area (Å²) in [5, 5.41) is 8.87. The molecule has 0 aliphatic carbocycles. The Morgan fingerprint density at radius 3 is 2.73 bits per heavy atom. The van der Waals surface area contributed by atoms with E-state index in [2.05, 4.69) is 33.5 Å². The molecule has 1 aliphatic heterocycles. The minimum atomic E-state index is 0.252. The molecule has 0 unspecified atom stereocenters. The van der Waals surface area contributed by atoms with E-state index in [9.17, 15) is 0 Å². The minimum absolute atomic E-state index is 0.252. The normalized spacial score (nSPS) is 13.4. The van der Waals surface area contributed by atoms with Crippen LogP contribution in [0, 0.1) is 0 Å². The Morgan fingerprint density at radius 1 is 1.27 bits per heavy atom. The topological polar surface area (TPSA) is 52.4 Å². The van der Waals surface area contributed by atoms with E-state index in [-0.39, 0.29) is 6.79 Å². The van der Waals surface area contributed by atoms with E-state index in [4.69, 9.17) is 21.1 Å². The van der Waals surface area contributed by atoms with Gasteiger partial charge in [0.1, 0.15) is 12.2 Å². The molecule has 2 heterocycles. The Morgan fingerprint density at radius 2 is 2.00 bits per heavy atom. The molecule has 118 valence electrons. The molecule has 3 rings (SSSR count). The van der Waals surface area contributed by atoms with E-state index in [1.807, 2.05) is 19.2 Å². The van der Waals surface area contributed by atoms with E-state index in [0.717, 1.165) is 17.1 Å². The fourth-order valence-corrected chi connectivity index (χ4v) is 2.69. The van der Waals surface area contributed by atoms with Gasteiger partial charge in [-0.1, -0.05) is 11.6 Å². The maximum Gasteiger partial charge on any atom is 0.231 e.